The number of aliphatic hydroxyl groups is 4. The van der Waals surface area contributed by atoms with Gasteiger partial charge in [-0.25, -0.2) is 0 Å². The minimum Gasteiger partial charge on any atom is -1.00 e. The molecule has 0 aromatic heterocycles. The third-order valence-electron chi connectivity index (χ3n) is 22.2. The van der Waals surface area contributed by atoms with Crippen LogP contribution in [0.25, 0.3) is 0 Å². The molecule has 0 radical (unpaired) electrons. The number of carbonyl (C=O) groups is 11. The summed E-state index contributed by atoms with van der Waals surface area (Å²) in [6.45, 7) is 3.73. The summed E-state index contributed by atoms with van der Waals surface area (Å²) in [6.07, 6.45) is 46.9. The van der Waals surface area contributed by atoms with Gasteiger partial charge in [-0.2, -0.15) is 0 Å². The van der Waals surface area contributed by atoms with Gasteiger partial charge in [0.25, 0.3) is 0 Å². The molecule has 9 rings (SSSR count). The summed E-state index contributed by atoms with van der Waals surface area (Å²) in [7, 11) is 0. The minimum absolute atomic E-state index is 0. The fraction of sp³-hybridized carbons (Fsp3) is 0.849. The van der Waals surface area contributed by atoms with Gasteiger partial charge in [0.2, 0.25) is 0 Å². The van der Waals surface area contributed by atoms with E-state index < -0.39 is 56.9 Å². The van der Waals surface area contributed by atoms with E-state index in [0.717, 1.165) is 147 Å². The topological polar surface area (TPSA) is 370 Å². The number of Topliss-reactive ketones (excluding diaryl/α,β-unsaturated/α-hetero) is 2. The SMILES string of the molecule is Br.BrCC1(CBr)CCCCC1.CC(=O)C1(C(=O)O)CCCCC1.CC(=O)C1CCCCC1.O=C(O)C1(C(=O)O)CCCCC1.O=C(O)C1(C(=O)O)CCCCC1.O=CC1(C=O)CCCCC1.O=CC1(C=O)CCCCC1.OCC1(CO)CCCCC1.OCC1(CO)CCCCC1.[AlH3].[H-].[Li+]. The molecule has 0 atom stereocenters. The molecule has 0 saturated heterocycles. The Hall–Kier alpha value is -2.22. The predicted molar refractivity (Wildman–Crippen MR) is 392 cm³/mol. The molecule has 564 valence electrons. The van der Waals surface area contributed by atoms with Gasteiger partial charge in [-0.3, -0.25) is 33.6 Å². The largest absolute Gasteiger partial charge is 1.00 e. The number of aliphatic carboxylic acids is 5. The number of aliphatic hydroxyl groups excluding tert-OH is 4. The maximum Gasteiger partial charge on any atom is 1.00 e. The number of carbonyl (C=O) groups excluding carboxylic acids is 6. The second kappa shape index (κ2) is 53.5. The molecule has 0 aliphatic heterocycles. The van der Waals surface area contributed by atoms with Crippen molar-refractivity contribution in [1.29, 1.82) is 0 Å². The Morgan fingerprint density at radius 1 is 0.337 bits per heavy atom. The van der Waals surface area contributed by atoms with Crippen molar-refractivity contribution in [2.75, 3.05) is 37.1 Å². The van der Waals surface area contributed by atoms with Gasteiger partial charge in [-0.15, -0.1) is 17.0 Å². The summed E-state index contributed by atoms with van der Waals surface area (Å²) in [5.41, 5.74) is -4.87. The van der Waals surface area contributed by atoms with Crippen molar-refractivity contribution in [3.63, 3.8) is 0 Å². The van der Waals surface area contributed by atoms with Crippen LogP contribution in [0.1, 0.15) is 304 Å². The van der Waals surface area contributed by atoms with Gasteiger partial charge >= 0.3 is 48.7 Å². The van der Waals surface area contributed by atoms with Crippen LogP contribution in [0.4, 0.5) is 0 Å². The molecule has 0 spiro atoms. The van der Waals surface area contributed by atoms with Crippen LogP contribution in [0.2, 0.25) is 0 Å². The Balaban J connectivity index is -0.000000511. The first-order valence-electron chi connectivity index (χ1n) is 35.8. The standard InChI is InChI=1S/C9H14O3.C8H14Br2.2C8H12O4.2C8H16O2.2C8H12O2.C8H14O.Al.BrH.Li.4H/c1-7(10)9(8(11)12)5-3-2-4-6-9;9-6-8(7-10)4-2-1-3-5-8;2*9-6(10)8(7(11)12)4-2-1-3-5-8;4*9-6-8(7-10)4-2-1-3-5-8;1-7(9)8-5-3-2-4-6-8;;;;;;;/h2-6H2,1H3,(H,11,12);1-7H2;2*1-5H2,(H,9,10)(H,11,12);2*9-10H,1-7H2;2*6-7H,1-5H2;8H,2-6H2,1H3;;1H;;;;;/q;;;;;;;;;;;+1;;;;-1. The van der Waals surface area contributed by atoms with E-state index in [1.54, 1.807) is 6.92 Å². The molecule has 0 unspecified atom stereocenters. The number of hydrogen-bond acceptors (Lipinski definition) is 15. The molecule has 9 saturated carbocycles. The molecule has 9 N–H and O–H groups in total. The molecular weight excluding hydrogens is 1470 g/mol. The van der Waals surface area contributed by atoms with E-state index in [1.807, 2.05) is 0 Å². The first-order valence-corrected chi connectivity index (χ1v) is 38.1. The van der Waals surface area contributed by atoms with Gasteiger partial charge in [0.1, 0.15) is 42.1 Å². The van der Waals surface area contributed by atoms with Gasteiger partial charge in [0.15, 0.2) is 28.2 Å². The Kier molecular flexibility index (Phi) is 54.6. The van der Waals surface area contributed by atoms with E-state index in [2.05, 4.69) is 31.9 Å². The van der Waals surface area contributed by atoms with Gasteiger partial charge < -0.3 is 66.6 Å². The molecular formula is C73H127AlBr3LiO20. The average molecular weight is 1600 g/mol. The van der Waals surface area contributed by atoms with Crippen LogP contribution in [0, 0.1) is 49.2 Å². The zero-order chi connectivity index (χ0) is 71.5. The molecule has 9 fully saturated rings. The maximum absolute atomic E-state index is 11.2. The zero-order valence-corrected chi connectivity index (χ0v) is 64.0. The molecule has 0 aromatic carbocycles. The van der Waals surface area contributed by atoms with Crippen LogP contribution in [0.3, 0.4) is 0 Å². The average Bonchev–Trinajstić information content (AvgIpc) is 0.841. The fourth-order valence-corrected chi connectivity index (χ4v) is 16.7. The van der Waals surface area contributed by atoms with Gasteiger partial charge in [0, 0.05) is 27.4 Å². The summed E-state index contributed by atoms with van der Waals surface area (Å²) in [6, 6.07) is 0. The Bertz CT molecular complexity index is 1990. The molecule has 0 heterocycles. The monoisotopic (exact) mass is 1590 g/mol. The van der Waals surface area contributed by atoms with Crippen molar-refractivity contribution in [2.45, 2.75) is 303 Å². The van der Waals surface area contributed by atoms with Crippen LogP contribution >= 0.6 is 48.8 Å². The maximum atomic E-state index is 11.2. The predicted octanol–water partition coefficient (Wildman–Crippen LogP) is 10.7. The molecule has 20 nitrogen and oxygen atoms in total. The number of halogens is 3. The van der Waals surface area contributed by atoms with Crippen LogP contribution < -0.4 is 18.9 Å². The van der Waals surface area contributed by atoms with E-state index in [-0.39, 0.29) is 123 Å². The third-order valence-corrected chi connectivity index (χ3v) is 24.6. The molecule has 25 heteroatoms. The van der Waals surface area contributed by atoms with Crippen molar-refractivity contribution >= 4 is 133 Å². The van der Waals surface area contributed by atoms with E-state index in [1.165, 1.54) is 120 Å². The molecule has 98 heavy (non-hydrogen) atoms. The molecule has 9 aliphatic rings. The molecule has 0 bridgehead atoms. The Morgan fingerprint density at radius 3 is 0.653 bits per heavy atom. The number of ketones is 2. The summed E-state index contributed by atoms with van der Waals surface area (Å²) < 4.78 is 0. The van der Waals surface area contributed by atoms with Gasteiger partial charge in [-0.1, -0.05) is 205 Å². The minimum atomic E-state index is -1.49. The van der Waals surface area contributed by atoms with Crippen molar-refractivity contribution in [3.8, 4) is 0 Å². The summed E-state index contributed by atoms with van der Waals surface area (Å²) in [5.74, 6) is -5.05. The zero-order valence-electron chi connectivity index (χ0n) is 60.1. The van der Waals surface area contributed by atoms with Crippen molar-refractivity contribution in [1.82, 2.24) is 0 Å². The van der Waals surface area contributed by atoms with E-state index in [4.69, 9.17) is 46.0 Å². The number of carboxylic acids is 5. The van der Waals surface area contributed by atoms with Crippen LogP contribution in [-0.2, 0) is 52.7 Å². The number of hydrogen-bond donors (Lipinski definition) is 9. The van der Waals surface area contributed by atoms with Crippen LogP contribution in [-0.4, -0.2) is 167 Å². The smallest absolute Gasteiger partial charge is 1.00 e. The quantitative estimate of drug-likeness (QED) is 0.0283. The number of alkyl halides is 2. The number of aldehydes is 4. The third kappa shape index (κ3) is 33.3. The van der Waals surface area contributed by atoms with Crippen molar-refractivity contribution in [3.05, 3.63) is 0 Å². The first-order chi connectivity index (χ1) is 45.2. The van der Waals surface area contributed by atoms with E-state index in [9.17, 15) is 52.7 Å². The van der Waals surface area contributed by atoms with Crippen LogP contribution in [0.5, 0.6) is 0 Å². The van der Waals surface area contributed by atoms with Crippen LogP contribution in [0.15, 0.2) is 0 Å². The first kappa shape index (κ1) is 100.0. The summed E-state index contributed by atoms with van der Waals surface area (Å²) in [4.78, 5) is 118. The van der Waals surface area contributed by atoms with Gasteiger partial charge in [0.05, 0.1) is 37.3 Å². The van der Waals surface area contributed by atoms with E-state index in [0.29, 0.717) is 55.6 Å². The second-order valence-electron chi connectivity index (χ2n) is 29.1. The normalized spacial score (nSPS) is 22.3. The van der Waals surface area contributed by atoms with E-state index >= 15 is 0 Å². The van der Waals surface area contributed by atoms with Gasteiger partial charge in [-0.05, 0) is 135 Å². The number of carboxylic acid groups (broad SMARTS) is 5. The molecule has 0 amide bonds. The Labute approximate surface area is 636 Å². The van der Waals surface area contributed by atoms with Crippen molar-refractivity contribution < 1.29 is 119 Å². The van der Waals surface area contributed by atoms with Crippen molar-refractivity contribution in [2.24, 2.45) is 49.2 Å². The molecule has 0 aromatic rings. The second-order valence-corrected chi connectivity index (χ2v) is 30.2. The Morgan fingerprint density at radius 2 is 0.531 bits per heavy atom. The fourth-order valence-electron chi connectivity index (χ4n) is 14.6. The molecule has 9 aliphatic carbocycles. The number of rotatable bonds is 17. The summed E-state index contributed by atoms with van der Waals surface area (Å²) in [5, 5.41) is 82.3. The summed E-state index contributed by atoms with van der Waals surface area (Å²) >= 11 is 7.20.